The summed E-state index contributed by atoms with van der Waals surface area (Å²) in [7, 11) is 0. The van der Waals surface area contributed by atoms with Gasteiger partial charge in [-0.1, -0.05) is 23.4 Å². The molecule has 5 heteroatoms. The molecule has 0 amide bonds. The predicted octanol–water partition coefficient (Wildman–Crippen LogP) is 2.97. The van der Waals surface area contributed by atoms with Crippen LogP contribution in [0.4, 0.5) is 0 Å². The van der Waals surface area contributed by atoms with Crippen molar-refractivity contribution in [3.05, 3.63) is 52.9 Å². The fourth-order valence-electron chi connectivity index (χ4n) is 1.80. The standard InChI is InChI=1S/C15H15NO4/c1-10-4-3-5-12(6-7-14(17)18)15(10)19-9-13-8-11(2)20-16-13/h3-8H,9H2,1-2H3,(H,17,18)/b7-6+. The Bertz CT molecular complexity index is 643. The van der Waals surface area contributed by atoms with Crippen molar-refractivity contribution in [3.63, 3.8) is 0 Å². The molecule has 1 aromatic heterocycles. The van der Waals surface area contributed by atoms with Gasteiger partial charge in [-0.3, -0.25) is 0 Å². The second kappa shape index (κ2) is 6.06. The van der Waals surface area contributed by atoms with Crippen LogP contribution in [-0.2, 0) is 11.4 Å². The number of carbonyl (C=O) groups is 1. The summed E-state index contributed by atoms with van der Waals surface area (Å²) in [6.45, 7) is 3.99. The van der Waals surface area contributed by atoms with Crippen LogP contribution in [-0.4, -0.2) is 16.2 Å². The summed E-state index contributed by atoms with van der Waals surface area (Å²) in [6, 6.07) is 7.35. The smallest absolute Gasteiger partial charge is 0.328 e. The van der Waals surface area contributed by atoms with Gasteiger partial charge in [0.15, 0.2) is 0 Å². The molecule has 0 radical (unpaired) electrons. The second-order valence-corrected chi connectivity index (χ2v) is 4.38. The van der Waals surface area contributed by atoms with Gasteiger partial charge in [-0.05, 0) is 25.5 Å². The van der Waals surface area contributed by atoms with E-state index in [0.29, 0.717) is 17.0 Å². The first-order valence-electron chi connectivity index (χ1n) is 6.12. The summed E-state index contributed by atoms with van der Waals surface area (Å²) < 4.78 is 10.7. The number of hydrogen-bond donors (Lipinski definition) is 1. The average molecular weight is 273 g/mol. The lowest BCUT2D eigenvalue weighted by Crippen LogP contribution is -1.99. The molecule has 1 N–H and O–H groups in total. The number of hydrogen-bond acceptors (Lipinski definition) is 4. The molecular weight excluding hydrogens is 258 g/mol. The SMILES string of the molecule is Cc1cc(COc2c(C)cccc2/C=C/C(=O)O)no1. The number of benzene rings is 1. The van der Waals surface area contributed by atoms with Gasteiger partial charge in [0.2, 0.25) is 0 Å². The molecule has 0 fully saturated rings. The second-order valence-electron chi connectivity index (χ2n) is 4.38. The highest BCUT2D eigenvalue weighted by atomic mass is 16.5. The van der Waals surface area contributed by atoms with Crippen molar-refractivity contribution in [2.75, 3.05) is 0 Å². The molecule has 5 nitrogen and oxygen atoms in total. The van der Waals surface area contributed by atoms with Crippen molar-refractivity contribution in [1.29, 1.82) is 0 Å². The molecule has 2 rings (SSSR count). The van der Waals surface area contributed by atoms with E-state index in [0.717, 1.165) is 17.4 Å². The van der Waals surface area contributed by atoms with Crippen molar-refractivity contribution in [1.82, 2.24) is 5.16 Å². The Morgan fingerprint density at radius 2 is 2.25 bits per heavy atom. The molecule has 0 aliphatic heterocycles. The summed E-state index contributed by atoms with van der Waals surface area (Å²) in [5, 5.41) is 12.5. The Hall–Kier alpha value is -2.56. The molecule has 0 unspecified atom stereocenters. The van der Waals surface area contributed by atoms with E-state index in [4.69, 9.17) is 14.4 Å². The Morgan fingerprint density at radius 1 is 1.45 bits per heavy atom. The fraction of sp³-hybridized carbons (Fsp3) is 0.200. The number of nitrogens with zero attached hydrogens (tertiary/aromatic N) is 1. The first-order chi connectivity index (χ1) is 9.56. The maximum absolute atomic E-state index is 10.6. The molecule has 0 bridgehead atoms. The van der Waals surface area contributed by atoms with Crippen LogP contribution in [0.2, 0.25) is 0 Å². The molecule has 0 atom stereocenters. The van der Waals surface area contributed by atoms with E-state index >= 15 is 0 Å². The minimum atomic E-state index is -0.996. The first-order valence-corrected chi connectivity index (χ1v) is 6.12. The molecular formula is C15H15NO4. The Morgan fingerprint density at radius 3 is 2.90 bits per heavy atom. The lowest BCUT2D eigenvalue weighted by Gasteiger charge is -2.10. The summed E-state index contributed by atoms with van der Waals surface area (Å²) in [6.07, 6.45) is 2.60. The normalized spacial score (nSPS) is 10.9. The van der Waals surface area contributed by atoms with Crippen LogP contribution in [0.15, 0.2) is 34.9 Å². The van der Waals surface area contributed by atoms with E-state index in [9.17, 15) is 4.79 Å². The van der Waals surface area contributed by atoms with Crippen LogP contribution in [0, 0.1) is 13.8 Å². The van der Waals surface area contributed by atoms with Crippen LogP contribution in [0.25, 0.3) is 6.08 Å². The minimum absolute atomic E-state index is 0.274. The van der Waals surface area contributed by atoms with Gasteiger partial charge in [0, 0.05) is 17.7 Å². The van der Waals surface area contributed by atoms with E-state index in [1.54, 1.807) is 12.1 Å². The number of rotatable bonds is 5. The summed E-state index contributed by atoms with van der Waals surface area (Å²) >= 11 is 0. The Labute approximate surface area is 116 Å². The number of aliphatic carboxylic acids is 1. The zero-order chi connectivity index (χ0) is 14.5. The van der Waals surface area contributed by atoms with Gasteiger partial charge in [-0.25, -0.2) is 4.79 Å². The number of aryl methyl sites for hydroxylation is 2. The van der Waals surface area contributed by atoms with Crippen LogP contribution < -0.4 is 4.74 Å². The van der Waals surface area contributed by atoms with E-state index in [2.05, 4.69) is 5.16 Å². The Kier molecular flexibility index (Phi) is 4.20. The average Bonchev–Trinajstić information content (AvgIpc) is 2.81. The third-order valence-electron chi connectivity index (χ3n) is 2.69. The first kappa shape index (κ1) is 13.9. The highest BCUT2D eigenvalue weighted by molar-refractivity contribution is 5.86. The van der Waals surface area contributed by atoms with Gasteiger partial charge >= 0.3 is 5.97 Å². The zero-order valence-electron chi connectivity index (χ0n) is 11.3. The van der Waals surface area contributed by atoms with Crippen molar-refractivity contribution >= 4 is 12.0 Å². The maximum atomic E-state index is 10.6. The highest BCUT2D eigenvalue weighted by Gasteiger charge is 2.07. The van der Waals surface area contributed by atoms with Crippen LogP contribution in [0.1, 0.15) is 22.6 Å². The van der Waals surface area contributed by atoms with Gasteiger partial charge < -0.3 is 14.4 Å². The third kappa shape index (κ3) is 3.47. The lowest BCUT2D eigenvalue weighted by molar-refractivity contribution is -0.131. The van der Waals surface area contributed by atoms with E-state index < -0.39 is 5.97 Å². The number of para-hydroxylation sites is 1. The maximum Gasteiger partial charge on any atom is 0.328 e. The summed E-state index contributed by atoms with van der Waals surface area (Å²) in [5.74, 6) is 0.370. The molecule has 1 aromatic carbocycles. The molecule has 0 aliphatic rings. The summed E-state index contributed by atoms with van der Waals surface area (Å²) in [4.78, 5) is 10.6. The number of carboxylic acid groups (broad SMARTS) is 1. The molecule has 2 aromatic rings. The molecule has 0 spiro atoms. The molecule has 0 saturated heterocycles. The van der Waals surface area contributed by atoms with Crippen molar-refractivity contribution in [2.45, 2.75) is 20.5 Å². The third-order valence-corrected chi connectivity index (χ3v) is 2.69. The molecule has 20 heavy (non-hydrogen) atoms. The predicted molar refractivity (Wildman–Crippen MR) is 73.4 cm³/mol. The van der Waals surface area contributed by atoms with Gasteiger partial charge in [-0.15, -0.1) is 0 Å². The molecule has 0 saturated carbocycles. The minimum Gasteiger partial charge on any atom is -0.486 e. The van der Waals surface area contributed by atoms with E-state index in [-0.39, 0.29) is 6.61 Å². The molecule has 0 aliphatic carbocycles. The monoisotopic (exact) mass is 273 g/mol. The van der Waals surface area contributed by atoms with Gasteiger partial charge in [0.25, 0.3) is 0 Å². The zero-order valence-corrected chi connectivity index (χ0v) is 11.3. The quantitative estimate of drug-likeness (QED) is 0.848. The van der Waals surface area contributed by atoms with Gasteiger partial charge in [0.1, 0.15) is 23.8 Å². The highest BCUT2D eigenvalue weighted by Crippen LogP contribution is 2.25. The van der Waals surface area contributed by atoms with E-state index in [1.165, 1.54) is 6.08 Å². The fourth-order valence-corrected chi connectivity index (χ4v) is 1.80. The van der Waals surface area contributed by atoms with Crippen molar-refractivity contribution in [3.8, 4) is 5.75 Å². The number of ether oxygens (including phenoxy) is 1. The largest absolute Gasteiger partial charge is 0.486 e. The van der Waals surface area contributed by atoms with Crippen molar-refractivity contribution in [2.24, 2.45) is 0 Å². The van der Waals surface area contributed by atoms with Gasteiger partial charge in [-0.2, -0.15) is 0 Å². The number of carboxylic acids is 1. The number of aromatic nitrogens is 1. The van der Waals surface area contributed by atoms with Crippen LogP contribution in [0.5, 0.6) is 5.75 Å². The molecule has 1 heterocycles. The van der Waals surface area contributed by atoms with Gasteiger partial charge in [0.05, 0.1) is 0 Å². The topological polar surface area (TPSA) is 72.6 Å². The van der Waals surface area contributed by atoms with Crippen molar-refractivity contribution < 1.29 is 19.2 Å². The van der Waals surface area contributed by atoms with Crippen LogP contribution in [0.3, 0.4) is 0 Å². The Balaban J connectivity index is 2.19. The molecule has 104 valence electrons. The lowest BCUT2D eigenvalue weighted by atomic mass is 10.1. The van der Waals surface area contributed by atoms with E-state index in [1.807, 2.05) is 26.0 Å². The van der Waals surface area contributed by atoms with Crippen LogP contribution >= 0.6 is 0 Å². The summed E-state index contributed by atoms with van der Waals surface area (Å²) in [5.41, 5.74) is 2.34.